The van der Waals surface area contributed by atoms with E-state index in [1.54, 1.807) is 12.1 Å². The lowest BCUT2D eigenvalue weighted by Crippen LogP contribution is -1.80. The Kier molecular flexibility index (Phi) is 2.86. The Balaban J connectivity index is 2.22. The molecule has 0 fully saturated rings. The molecule has 3 nitrogen and oxygen atoms in total. The number of rotatable bonds is 0. The minimum absolute atomic E-state index is 0.426. The van der Waals surface area contributed by atoms with Crippen molar-refractivity contribution in [2.75, 3.05) is 5.73 Å². The van der Waals surface area contributed by atoms with Gasteiger partial charge in [0.25, 0.3) is 0 Å². The second-order valence-electron chi connectivity index (χ2n) is 2.70. The molecule has 1 heterocycles. The molecule has 2 N–H and O–H groups in total. The van der Waals surface area contributed by atoms with E-state index in [2.05, 4.69) is 22.0 Å². The number of benzene rings is 1. The quantitative estimate of drug-likeness (QED) is 0.712. The van der Waals surface area contributed by atoms with Crippen molar-refractivity contribution < 1.29 is 0 Å². The van der Waals surface area contributed by atoms with Crippen molar-refractivity contribution in [3.63, 3.8) is 0 Å². The molecule has 0 bridgehead atoms. The zero-order chi connectivity index (χ0) is 10.7. The highest BCUT2D eigenvalue weighted by Gasteiger charge is 1.95. The molecule has 0 saturated heterocycles. The second-order valence-corrected chi connectivity index (χ2v) is 4.15. The molecule has 0 aliphatic carbocycles. The van der Waals surface area contributed by atoms with Crippen LogP contribution >= 0.6 is 22.9 Å². The molecule has 1 aromatic heterocycles. The number of nitrogen functional groups attached to an aromatic ring is 1. The van der Waals surface area contributed by atoms with Gasteiger partial charge < -0.3 is 5.73 Å². The van der Waals surface area contributed by atoms with E-state index < -0.39 is 0 Å². The summed E-state index contributed by atoms with van der Waals surface area (Å²) in [5.74, 6) is 5.82. The van der Waals surface area contributed by atoms with Crippen LogP contribution in [-0.2, 0) is 0 Å². The summed E-state index contributed by atoms with van der Waals surface area (Å²) in [7, 11) is 0. The van der Waals surface area contributed by atoms with E-state index in [0.717, 1.165) is 5.56 Å². The fourth-order valence-electron chi connectivity index (χ4n) is 0.944. The highest BCUT2D eigenvalue weighted by Crippen LogP contribution is 2.11. The van der Waals surface area contributed by atoms with Crippen LogP contribution in [0.15, 0.2) is 24.3 Å². The minimum atomic E-state index is 0.426. The molecule has 0 saturated carbocycles. The van der Waals surface area contributed by atoms with Gasteiger partial charge in [-0.15, -0.1) is 10.2 Å². The fraction of sp³-hybridized carbons (Fsp3) is 0. The van der Waals surface area contributed by atoms with Gasteiger partial charge in [-0.05, 0) is 30.2 Å². The molecule has 0 radical (unpaired) electrons. The van der Waals surface area contributed by atoms with Crippen LogP contribution in [0.5, 0.6) is 0 Å². The average molecular weight is 236 g/mol. The van der Waals surface area contributed by atoms with Gasteiger partial charge in [0.15, 0.2) is 5.01 Å². The maximum Gasteiger partial charge on any atom is 0.203 e. The number of halogens is 1. The molecule has 2 rings (SSSR count). The highest BCUT2D eigenvalue weighted by molar-refractivity contribution is 7.15. The first-order valence-electron chi connectivity index (χ1n) is 4.10. The summed E-state index contributed by atoms with van der Waals surface area (Å²) >= 11 is 7.01. The molecule has 2 aromatic rings. The Labute approximate surface area is 95.9 Å². The van der Waals surface area contributed by atoms with E-state index in [0.29, 0.717) is 15.2 Å². The van der Waals surface area contributed by atoms with Gasteiger partial charge in [0.2, 0.25) is 5.13 Å². The van der Waals surface area contributed by atoms with Crippen LogP contribution in [-0.4, -0.2) is 10.2 Å². The molecule has 0 aliphatic heterocycles. The third kappa shape index (κ3) is 2.69. The third-order valence-electron chi connectivity index (χ3n) is 1.60. The Morgan fingerprint density at radius 3 is 2.47 bits per heavy atom. The molecule has 74 valence electrons. The topological polar surface area (TPSA) is 51.8 Å². The smallest absolute Gasteiger partial charge is 0.203 e. The largest absolute Gasteiger partial charge is 0.374 e. The Hall–Kier alpha value is -1.57. The first-order chi connectivity index (χ1) is 7.24. The number of hydrogen-bond donors (Lipinski definition) is 1. The normalized spacial score (nSPS) is 9.40. The summed E-state index contributed by atoms with van der Waals surface area (Å²) in [6, 6.07) is 7.28. The number of hydrogen-bond acceptors (Lipinski definition) is 4. The summed E-state index contributed by atoms with van der Waals surface area (Å²) in [4.78, 5) is 0. The van der Waals surface area contributed by atoms with Crippen molar-refractivity contribution in [3.05, 3.63) is 39.9 Å². The second kappa shape index (κ2) is 4.30. The van der Waals surface area contributed by atoms with Gasteiger partial charge in [-0.2, -0.15) is 0 Å². The van der Waals surface area contributed by atoms with Gasteiger partial charge in [-0.3, -0.25) is 0 Å². The number of nitrogens with two attached hydrogens (primary N) is 1. The van der Waals surface area contributed by atoms with Gasteiger partial charge in [0, 0.05) is 10.6 Å². The van der Waals surface area contributed by atoms with Crippen molar-refractivity contribution >= 4 is 28.1 Å². The van der Waals surface area contributed by atoms with E-state index in [-0.39, 0.29) is 0 Å². The van der Waals surface area contributed by atoms with Crippen LogP contribution in [0.1, 0.15) is 10.6 Å². The Bertz CT molecular complexity index is 522. The van der Waals surface area contributed by atoms with E-state index >= 15 is 0 Å². The van der Waals surface area contributed by atoms with Gasteiger partial charge in [0.05, 0.1) is 0 Å². The minimum Gasteiger partial charge on any atom is -0.374 e. The van der Waals surface area contributed by atoms with E-state index in [4.69, 9.17) is 17.3 Å². The number of anilines is 1. The van der Waals surface area contributed by atoms with Crippen LogP contribution in [0.4, 0.5) is 5.13 Å². The molecule has 1 aromatic carbocycles. The summed E-state index contributed by atoms with van der Waals surface area (Å²) in [5.41, 5.74) is 6.31. The van der Waals surface area contributed by atoms with Crippen LogP contribution in [0.3, 0.4) is 0 Å². The summed E-state index contributed by atoms with van der Waals surface area (Å²) in [5, 5.41) is 9.19. The zero-order valence-corrected chi connectivity index (χ0v) is 9.14. The SMILES string of the molecule is Nc1nnc(C#Cc2ccc(Cl)cc2)s1. The van der Waals surface area contributed by atoms with Crippen LogP contribution in [0.2, 0.25) is 5.02 Å². The van der Waals surface area contributed by atoms with Crippen molar-refractivity contribution in [2.45, 2.75) is 0 Å². The fourth-order valence-corrected chi connectivity index (χ4v) is 1.53. The van der Waals surface area contributed by atoms with Gasteiger partial charge >= 0.3 is 0 Å². The molecule has 5 heteroatoms. The Morgan fingerprint density at radius 1 is 1.13 bits per heavy atom. The van der Waals surface area contributed by atoms with E-state index in [1.807, 2.05) is 12.1 Å². The first kappa shape index (κ1) is 9.97. The van der Waals surface area contributed by atoms with Crippen molar-refractivity contribution in [2.24, 2.45) is 0 Å². The maximum absolute atomic E-state index is 5.75. The molecular formula is C10H6ClN3S. The Morgan fingerprint density at radius 2 is 1.87 bits per heavy atom. The van der Waals surface area contributed by atoms with Gasteiger partial charge in [0.1, 0.15) is 0 Å². The molecule has 0 spiro atoms. The van der Waals surface area contributed by atoms with Crippen molar-refractivity contribution in [3.8, 4) is 11.8 Å². The lowest BCUT2D eigenvalue weighted by Gasteiger charge is -1.88. The molecule has 0 amide bonds. The highest BCUT2D eigenvalue weighted by atomic mass is 35.5. The van der Waals surface area contributed by atoms with Crippen molar-refractivity contribution in [1.82, 2.24) is 10.2 Å². The molecule has 0 atom stereocenters. The summed E-state index contributed by atoms with van der Waals surface area (Å²) in [6.45, 7) is 0. The lowest BCUT2D eigenvalue weighted by molar-refractivity contribution is 1.08. The van der Waals surface area contributed by atoms with Crippen LogP contribution in [0, 0.1) is 11.8 Å². The third-order valence-corrected chi connectivity index (χ3v) is 2.52. The molecular weight excluding hydrogens is 230 g/mol. The summed E-state index contributed by atoms with van der Waals surface area (Å²) in [6.07, 6.45) is 0. The van der Waals surface area contributed by atoms with E-state index in [9.17, 15) is 0 Å². The standard InChI is InChI=1S/C10H6ClN3S/c11-8-4-1-7(2-5-8)3-6-9-13-14-10(12)15-9/h1-2,4-5H,(H2,12,14). The van der Waals surface area contributed by atoms with E-state index in [1.165, 1.54) is 11.3 Å². The molecule has 0 unspecified atom stereocenters. The van der Waals surface area contributed by atoms with Gasteiger partial charge in [-0.1, -0.05) is 28.9 Å². The zero-order valence-electron chi connectivity index (χ0n) is 7.57. The monoisotopic (exact) mass is 235 g/mol. The summed E-state index contributed by atoms with van der Waals surface area (Å²) < 4.78 is 0. The predicted octanol–water partition coefficient (Wildman–Crippen LogP) is 2.17. The number of nitrogens with zero attached hydrogens (tertiary/aromatic N) is 2. The first-order valence-corrected chi connectivity index (χ1v) is 5.30. The van der Waals surface area contributed by atoms with Crippen LogP contribution in [0.25, 0.3) is 0 Å². The average Bonchev–Trinajstić information content (AvgIpc) is 2.64. The molecule has 15 heavy (non-hydrogen) atoms. The predicted molar refractivity (Wildman–Crippen MR) is 61.8 cm³/mol. The van der Waals surface area contributed by atoms with Gasteiger partial charge in [-0.25, -0.2) is 0 Å². The number of aromatic nitrogens is 2. The maximum atomic E-state index is 5.75. The van der Waals surface area contributed by atoms with Crippen molar-refractivity contribution in [1.29, 1.82) is 0 Å². The lowest BCUT2D eigenvalue weighted by atomic mass is 10.2. The van der Waals surface area contributed by atoms with Crippen LogP contribution < -0.4 is 5.73 Å². The molecule has 0 aliphatic rings.